The number of nitrogens with one attached hydrogen (secondary N) is 2. The molecule has 1 aliphatic rings. The van der Waals surface area contributed by atoms with Gasteiger partial charge in [0.25, 0.3) is 0 Å². The lowest BCUT2D eigenvalue weighted by molar-refractivity contribution is -0.123. The van der Waals surface area contributed by atoms with Crippen LogP contribution in [0.15, 0.2) is 30.3 Å². The SMILES string of the molecule is CC1NCCCC1NC(=O)Cn1nnc(-c2ccccc2)n1.Cl. The molecule has 2 atom stereocenters. The van der Waals surface area contributed by atoms with Crippen LogP contribution in [0, 0.1) is 0 Å². The fraction of sp³-hybridized carbons (Fsp3) is 0.467. The topological polar surface area (TPSA) is 84.7 Å². The molecule has 124 valence electrons. The van der Waals surface area contributed by atoms with Crippen LogP contribution in [0.2, 0.25) is 0 Å². The zero-order valence-corrected chi connectivity index (χ0v) is 13.8. The molecule has 1 fully saturated rings. The molecule has 1 aromatic carbocycles. The van der Waals surface area contributed by atoms with E-state index in [-0.39, 0.29) is 30.9 Å². The summed E-state index contributed by atoms with van der Waals surface area (Å²) in [5.41, 5.74) is 0.888. The fourth-order valence-electron chi connectivity index (χ4n) is 2.64. The highest BCUT2D eigenvalue weighted by Crippen LogP contribution is 2.12. The molecule has 2 aromatic rings. The summed E-state index contributed by atoms with van der Waals surface area (Å²) in [6, 6.07) is 10.1. The zero-order chi connectivity index (χ0) is 15.4. The van der Waals surface area contributed by atoms with Crippen molar-refractivity contribution in [2.75, 3.05) is 6.54 Å². The van der Waals surface area contributed by atoms with Crippen LogP contribution < -0.4 is 10.6 Å². The summed E-state index contributed by atoms with van der Waals surface area (Å²) in [5, 5.41) is 18.6. The van der Waals surface area contributed by atoms with Gasteiger partial charge in [-0.25, -0.2) is 0 Å². The van der Waals surface area contributed by atoms with Crippen LogP contribution in [0.5, 0.6) is 0 Å². The maximum absolute atomic E-state index is 12.1. The van der Waals surface area contributed by atoms with Crippen LogP contribution >= 0.6 is 12.4 Å². The molecule has 0 saturated carbocycles. The van der Waals surface area contributed by atoms with Crippen molar-refractivity contribution in [2.45, 2.75) is 38.4 Å². The van der Waals surface area contributed by atoms with Crippen molar-refractivity contribution in [3.05, 3.63) is 30.3 Å². The van der Waals surface area contributed by atoms with E-state index in [0.29, 0.717) is 11.9 Å². The fourth-order valence-corrected chi connectivity index (χ4v) is 2.64. The molecule has 0 spiro atoms. The Bertz CT molecular complexity index is 632. The maximum Gasteiger partial charge on any atom is 0.243 e. The molecule has 0 radical (unpaired) electrons. The summed E-state index contributed by atoms with van der Waals surface area (Å²) in [7, 11) is 0. The number of halogens is 1. The van der Waals surface area contributed by atoms with Crippen molar-refractivity contribution in [1.82, 2.24) is 30.8 Å². The minimum Gasteiger partial charge on any atom is -0.350 e. The zero-order valence-electron chi connectivity index (χ0n) is 13.0. The standard InChI is InChI=1S/C15H20N6O.ClH/c1-11-13(8-5-9-16-11)17-14(22)10-21-19-15(18-20-21)12-6-3-2-4-7-12;/h2-4,6-7,11,13,16H,5,8-10H2,1H3,(H,17,22);1H. The first-order valence-corrected chi connectivity index (χ1v) is 7.58. The summed E-state index contributed by atoms with van der Waals surface area (Å²) < 4.78 is 0. The van der Waals surface area contributed by atoms with Gasteiger partial charge in [-0.2, -0.15) is 4.80 Å². The minimum absolute atomic E-state index is 0. The Morgan fingerprint density at radius 2 is 2.17 bits per heavy atom. The van der Waals surface area contributed by atoms with Gasteiger partial charge in [-0.15, -0.1) is 22.6 Å². The second-order valence-corrected chi connectivity index (χ2v) is 5.57. The van der Waals surface area contributed by atoms with Gasteiger partial charge < -0.3 is 10.6 Å². The van der Waals surface area contributed by atoms with E-state index in [2.05, 4.69) is 33.0 Å². The number of piperidine rings is 1. The number of carbonyl (C=O) groups excluding carboxylic acids is 1. The van der Waals surface area contributed by atoms with Crippen molar-refractivity contribution >= 4 is 18.3 Å². The number of carbonyl (C=O) groups is 1. The van der Waals surface area contributed by atoms with Gasteiger partial charge in [0.1, 0.15) is 6.54 Å². The van der Waals surface area contributed by atoms with Crippen molar-refractivity contribution in [3.8, 4) is 11.4 Å². The van der Waals surface area contributed by atoms with E-state index in [0.717, 1.165) is 24.9 Å². The Morgan fingerprint density at radius 1 is 1.39 bits per heavy atom. The van der Waals surface area contributed by atoms with Crippen LogP contribution in [-0.2, 0) is 11.3 Å². The van der Waals surface area contributed by atoms with E-state index in [9.17, 15) is 4.79 Å². The van der Waals surface area contributed by atoms with E-state index >= 15 is 0 Å². The lowest BCUT2D eigenvalue weighted by Crippen LogP contribution is -2.52. The quantitative estimate of drug-likeness (QED) is 0.870. The molecule has 8 heteroatoms. The minimum atomic E-state index is -0.0856. The van der Waals surface area contributed by atoms with Crippen molar-refractivity contribution in [2.24, 2.45) is 0 Å². The molecule has 1 amide bonds. The number of rotatable bonds is 4. The van der Waals surface area contributed by atoms with Crippen LogP contribution in [-0.4, -0.2) is 44.7 Å². The van der Waals surface area contributed by atoms with E-state index in [1.54, 1.807) is 0 Å². The van der Waals surface area contributed by atoms with Crippen LogP contribution in [0.3, 0.4) is 0 Å². The molecule has 1 aliphatic heterocycles. The Hall–Kier alpha value is -1.99. The summed E-state index contributed by atoms with van der Waals surface area (Å²) in [6.07, 6.45) is 2.08. The Morgan fingerprint density at radius 3 is 2.91 bits per heavy atom. The van der Waals surface area contributed by atoms with Gasteiger partial charge in [0.05, 0.1) is 0 Å². The van der Waals surface area contributed by atoms with E-state index < -0.39 is 0 Å². The molecule has 2 unspecified atom stereocenters. The number of aromatic nitrogens is 4. The number of nitrogens with zero attached hydrogens (tertiary/aromatic N) is 4. The Labute approximate surface area is 141 Å². The second kappa shape index (κ2) is 8.03. The van der Waals surface area contributed by atoms with Crippen molar-refractivity contribution in [1.29, 1.82) is 0 Å². The van der Waals surface area contributed by atoms with E-state index in [1.165, 1.54) is 4.80 Å². The molecular weight excluding hydrogens is 316 g/mol. The lowest BCUT2D eigenvalue weighted by Gasteiger charge is -2.30. The van der Waals surface area contributed by atoms with Gasteiger partial charge in [0.2, 0.25) is 11.7 Å². The summed E-state index contributed by atoms with van der Waals surface area (Å²) >= 11 is 0. The van der Waals surface area contributed by atoms with Gasteiger partial charge in [-0.05, 0) is 31.5 Å². The van der Waals surface area contributed by atoms with Gasteiger partial charge in [-0.3, -0.25) is 4.79 Å². The predicted octanol–water partition coefficient (Wildman–Crippen LogP) is 1.02. The molecule has 2 N–H and O–H groups in total. The molecule has 3 rings (SSSR count). The maximum atomic E-state index is 12.1. The van der Waals surface area contributed by atoms with Gasteiger partial charge in [0, 0.05) is 17.6 Å². The molecule has 1 aromatic heterocycles. The Kier molecular flexibility index (Phi) is 6.06. The number of hydrogen-bond donors (Lipinski definition) is 2. The molecule has 23 heavy (non-hydrogen) atoms. The lowest BCUT2D eigenvalue weighted by atomic mass is 10.00. The first-order chi connectivity index (χ1) is 10.7. The summed E-state index contributed by atoms with van der Waals surface area (Å²) in [5.74, 6) is 0.443. The average Bonchev–Trinajstić information content (AvgIpc) is 2.99. The predicted molar refractivity (Wildman–Crippen MR) is 89.1 cm³/mol. The highest BCUT2D eigenvalue weighted by molar-refractivity contribution is 5.85. The second-order valence-electron chi connectivity index (χ2n) is 5.57. The average molecular weight is 337 g/mol. The third-order valence-electron chi connectivity index (χ3n) is 3.88. The molecule has 2 heterocycles. The van der Waals surface area contributed by atoms with Crippen LogP contribution in [0.1, 0.15) is 19.8 Å². The number of amides is 1. The third-order valence-corrected chi connectivity index (χ3v) is 3.88. The normalized spacial score (nSPS) is 20.6. The molecule has 7 nitrogen and oxygen atoms in total. The number of hydrogen-bond acceptors (Lipinski definition) is 5. The number of benzene rings is 1. The monoisotopic (exact) mass is 336 g/mol. The Balaban J connectivity index is 0.00000192. The highest BCUT2D eigenvalue weighted by Gasteiger charge is 2.22. The van der Waals surface area contributed by atoms with Crippen LogP contribution in [0.4, 0.5) is 0 Å². The molecule has 0 aliphatic carbocycles. The largest absolute Gasteiger partial charge is 0.350 e. The van der Waals surface area contributed by atoms with E-state index in [4.69, 9.17) is 0 Å². The first-order valence-electron chi connectivity index (χ1n) is 7.58. The van der Waals surface area contributed by atoms with E-state index in [1.807, 2.05) is 30.3 Å². The first kappa shape index (κ1) is 17.4. The molecule has 0 bridgehead atoms. The third kappa shape index (κ3) is 4.49. The van der Waals surface area contributed by atoms with Gasteiger partial charge in [0.15, 0.2) is 0 Å². The van der Waals surface area contributed by atoms with Crippen LogP contribution in [0.25, 0.3) is 11.4 Å². The van der Waals surface area contributed by atoms with Crippen molar-refractivity contribution in [3.63, 3.8) is 0 Å². The van der Waals surface area contributed by atoms with Gasteiger partial charge >= 0.3 is 0 Å². The molecule has 1 saturated heterocycles. The molecular formula is C15H21ClN6O. The summed E-state index contributed by atoms with van der Waals surface area (Å²) in [6.45, 7) is 3.19. The van der Waals surface area contributed by atoms with Crippen molar-refractivity contribution < 1.29 is 4.79 Å². The summed E-state index contributed by atoms with van der Waals surface area (Å²) in [4.78, 5) is 13.4. The smallest absolute Gasteiger partial charge is 0.243 e. The van der Waals surface area contributed by atoms with Gasteiger partial charge in [-0.1, -0.05) is 30.3 Å². The number of tetrazole rings is 1. The highest BCUT2D eigenvalue weighted by atomic mass is 35.5.